The van der Waals surface area contributed by atoms with Crippen molar-refractivity contribution in [1.82, 2.24) is 9.97 Å². The van der Waals surface area contributed by atoms with Crippen molar-refractivity contribution in [2.45, 2.75) is 6.61 Å². The number of aromatic amines is 2. The summed E-state index contributed by atoms with van der Waals surface area (Å²) in [6.07, 6.45) is 1.29. The number of aliphatic hydroxyl groups is 1. The first-order valence-corrected chi connectivity index (χ1v) is 4.98. The van der Waals surface area contributed by atoms with Crippen LogP contribution in [-0.4, -0.2) is 21.0 Å². The van der Waals surface area contributed by atoms with Crippen molar-refractivity contribution in [3.63, 3.8) is 0 Å². The van der Waals surface area contributed by atoms with E-state index >= 15 is 0 Å². The van der Waals surface area contributed by atoms with Gasteiger partial charge in [0, 0.05) is 17.4 Å². The number of hydrogen-bond donors (Lipinski definition) is 4. The number of carbonyl (C=O) groups excluding carboxylic acids is 1. The molecule has 0 aliphatic rings. The lowest BCUT2D eigenvalue weighted by Gasteiger charge is -2.07. The summed E-state index contributed by atoms with van der Waals surface area (Å²) in [7, 11) is 0. The molecule has 2 aromatic rings. The van der Waals surface area contributed by atoms with Crippen LogP contribution in [0.4, 0.5) is 5.69 Å². The van der Waals surface area contributed by atoms with Crippen molar-refractivity contribution in [3.05, 3.63) is 52.2 Å². The van der Waals surface area contributed by atoms with E-state index in [4.69, 9.17) is 5.11 Å². The first-order valence-electron chi connectivity index (χ1n) is 4.98. The minimum Gasteiger partial charge on any atom is -0.392 e. The Labute approximate surface area is 96.3 Å². The number of carbonyl (C=O) groups is 1. The van der Waals surface area contributed by atoms with Crippen molar-refractivity contribution >= 4 is 11.6 Å². The van der Waals surface area contributed by atoms with Crippen LogP contribution in [0.1, 0.15) is 16.1 Å². The van der Waals surface area contributed by atoms with Crippen molar-refractivity contribution in [3.8, 4) is 0 Å². The third-order valence-corrected chi connectivity index (χ3v) is 2.28. The van der Waals surface area contributed by atoms with Crippen molar-refractivity contribution in [2.24, 2.45) is 0 Å². The minimum absolute atomic E-state index is 0.141. The number of H-pyrrole nitrogens is 2. The highest BCUT2D eigenvalue weighted by Crippen LogP contribution is 2.15. The van der Waals surface area contributed by atoms with Gasteiger partial charge in [0.1, 0.15) is 5.69 Å². The van der Waals surface area contributed by atoms with E-state index < -0.39 is 11.6 Å². The average molecular weight is 233 g/mol. The quantitative estimate of drug-likeness (QED) is 0.619. The number of anilines is 1. The molecular formula is C11H11N3O3. The van der Waals surface area contributed by atoms with Gasteiger partial charge in [-0.1, -0.05) is 18.2 Å². The summed E-state index contributed by atoms with van der Waals surface area (Å²) in [5, 5.41) is 11.7. The lowest BCUT2D eigenvalue weighted by atomic mass is 10.2. The molecule has 1 aromatic heterocycles. The lowest BCUT2D eigenvalue weighted by molar-refractivity contribution is 0.102. The maximum Gasteiger partial charge on any atom is 0.323 e. The lowest BCUT2D eigenvalue weighted by Crippen LogP contribution is -2.15. The second kappa shape index (κ2) is 4.67. The number of aliphatic hydroxyl groups excluding tert-OH is 1. The molecule has 0 saturated carbocycles. The molecule has 0 spiro atoms. The predicted octanol–water partition coefficient (Wildman–Crippen LogP) is 0.448. The van der Waals surface area contributed by atoms with E-state index in [1.165, 1.54) is 6.20 Å². The minimum atomic E-state index is -0.441. The molecule has 1 heterocycles. The molecule has 0 aliphatic carbocycles. The fourth-order valence-electron chi connectivity index (χ4n) is 1.42. The predicted molar refractivity (Wildman–Crippen MR) is 61.7 cm³/mol. The highest BCUT2D eigenvalue weighted by Gasteiger charge is 2.09. The molecular weight excluding hydrogens is 222 g/mol. The molecule has 1 aromatic carbocycles. The Morgan fingerprint density at radius 1 is 1.35 bits per heavy atom. The number of nitrogens with one attached hydrogen (secondary N) is 3. The van der Waals surface area contributed by atoms with E-state index in [0.717, 1.165) is 0 Å². The van der Waals surface area contributed by atoms with Gasteiger partial charge in [0.05, 0.1) is 6.61 Å². The third kappa shape index (κ3) is 2.43. The molecule has 0 bridgehead atoms. The van der Waals surface area contributed by atoms with Gasteiger partial charge in [-0.25, -0.2) is 4.79 Å². The Bertz CT molecular complexity index is 585. The summed E-state index contributed by atoms with van der Waals surface area (Å²) in [6.45, 7) is -0.167. The molecule has 4 N–H and O–H groups in total. The van der Waals surface area contributed by atoms with E-state index in [9.17, 15) is 9.59 Å². The Morgan fingerprint density at radius 3 is 2.76 bits per heavy atom. The highest BCUT2D eigenvalue weighted by molar-refractivity contribution is 6.03. The molecule has 0 atom stereocenters. The van der Waals surface area contributed by atoms with Crippen LogP contribution >= 0.6 is 0 Å². The third-order valence-electron chi connectivity index (χ3n) is 2.28. The van der Waals surface area contributed by atoms with Gasteiger partial charge in [0.15, 0.2) is 0 Å². The van der Waals surface area contributed by atoms with E-state index in [-0.39, 0.29) is 12.3 Å². The Hall–Kier alpha value is -2.34. The number of amides is 1. The van der Waals surface area contributed by atoms with Gasteiger partial charge in [-0.2, -0.15) is 0 Å². The van der Waals surface area contributed by atoms with Crippen LogP contribution in [0, 0.1) is 0 Å². The van der Waals surface area contributed by atoms with Gasteiger partial charge < -0.3 is 20.4 Å². The van der Waals surface area contributed by atoms with Gasteiger partial charge >= 0.3 is 5.69 Å². The van der Waals surface area contributed by atoms with Gasteiger partial charge in [-0.05, 0) is 6.07 Å². The van der Waals surface area contributed by atoms with Crippen LogP contribution in [0.5, 0.6) is 0 Å². The molecule has 0 saturated heterocycles. The zero-order valence-corrected chi connectivity index (χ0v) is 8.86. The maximum atomic E-state index is 11.7. The normalized spacial score (nSPS) is 10.2. The molecule has 0 fully saturated rings. The maximum absolute atomic E-state index is 11.7. The summed E-state index contributed by atoms with van der Waals surface area (Å²) in [5.74, 6) is -0.441. The van der Waals surface area contributed by atoms with Gasteiger partial charge in [-0.3, -0.25) is 4.79 Å². The van der Waals surface area contributed by atoms with E-state index in [1.807, 2.05) is 0 Å². The van der Waals surface area contributed by atoms with Crippen LogP contribution in [0.25, 0.3) is 0 Å². The molecule has 17 heavy (non-hydrogen) atoms. The van der Waals surface area contributed by atoms with Crippen molar-refractivity contribution < 1.29 is 9.90 Å². The van der Waals surface area contributed by atoms with Crippen molar-refractivity contribution in [2.75, 3.05) is 5.32 Å². The summed E-state index contributed by atoms with van der Waals surface area (Å²) < 4.78 is 0. The fraction of sp³-hybridized carbons (Fsp3) is 0.0909. The highest BCUT2D eigenvalue weighted by atomic mass is 16.3. The monoisotopic (exact) mass is 233 g/mol. The first kappa shape index (κ1) is 11.2. The summed E-state index contributed by atoms with van der Waals surface area (Å²) in [4.78, 5) is 27.2. The Morgan fingerprint density at radius 2 is 2.12 bits per heavy atom. The molecule has 6 nitrogen and oxygen atoms in total. The molecule has 88 valence electrons. The summed E-state index contributed by atoms with van der Waals surface area (Å²) in [5.41, 5.74) is 0.828. The average Bonchev–Trinajstić information content (AvgIpc) is 2.77. The van der Waals surface area contributed by atoms with Crippen LogP contribution < -0.4 is 11.0 Å². The molecule has 6 heteroatoms. The van der Waals surface area contributed by atoms with Gasteiger partial charge in [-0.15, -0.1) is 0 Å². The standard InChI is InChI=1S/C11H11N3O3/c15-6-7-3-1-2-4-8(7)13-10(16)9-5-12-11(17)14-9/h1-5,15H,6H2,(H,13,16)(H2,12,14,17). The number of para-hydroxylation sites is 1. The smallest absolute Gasteiger partial charge is 0.323 e. The number of hydrogen-bond acceptors (Lipinski definition) is 3. The number of aromatic nitrogens is 2. The zero-order chi connectivity index (χ0) is 12.3. The topological polar surface area (TPSA) is 98.0 Å². The molecule has 0 aliphatic heterocycles. The fourth-order valence-corrected chi connectivity index (χ4v) is 1.42. The van der Waals surface area contributed by atoms with Crippen LogP contribution in [0.15, 0.2) is 35.3 Å². The second-order valence-electron chi connectivity index (χ2n) is 3.43. The number of rotatable bonds is 3. The zero-order valence-electron chi connectivity index (χ0n) is 8.86. The van der Waals surface area contributed by atoms with E-state index in [0.29, 0.717) is 11.3 Å². The molecule has 0 radical (unpaired) electrons. The largest absolute Gasteiger partial charge is 0.392 e. The molecule has 2 rings (SSSR count). The Kier molecular flexibility index (Phi) is 3.06. The van der Waals surface area contributed by atoms with Crippen LogP contribution in [-0.2, 0) is 6.61 Å². The summed E-state index contributed by atoms with van der Waals surface area (Å²) in [6, 6.07) is 6.89. The van der Waals surface area contributed by atoms with Gasteiger partial charge in [0.2, 0.25) is 0 Å². The summed E-state index contributed by atoms with van der Waals surface area (Å²) >= 11 is 0. The van der Waals surface area contributed by atoms with E-state index in [2.05, 4.69) is 15.3 Å². The molecule has 1 amide bonds. The van der Waals surface area contributed by atoms with E-state index in [1.54, 1.807) is 24.3 Å². The Balaban J connectivity index is 2.21. The van der Waals surface area contributed by atoms with Crippen molar-refractivity contribution in [1.29, 1.82) is 0 Å². The van der Waals surface area contributed by atoms with Crippen LogP contribution in [0.3, 0.4) is 0 Å². The second-order valence-corrected chi connectivity index (χ2v) is 3.43. The SMILES string of the molecule is O=C(Nc1ccccc1CO)c1c[nH]c(=O)[nH]1. The van der Waals surface area contributed by atoms with Gasteiger partial charge in [0.25, 0.3) is 5.91 Å². The first-order chi connectivity index (χ1) is 8.20. The molecule has 0 unspecified atom stereocenters. The number of benzene rings is 1. The van der Waals surface area contributed by atoms with Crippen LogP contribution in [0.2, 0.25) is 0 Å². The number of imidazole rings is 1.